The van der Waals surface area contributed by atoms with Gasteiger partial charge in [0.25, 0.3) is 8.32 Å². The van der Waals surface area contributed by atoms with Crippen LogP contribution >= 0.6 is 22.7 Å². The fourth-order valence-corrected chi connectivity index (χ4v) is 14.2. The first kappa shape index (κ1) is 38.2. The number of thiophene rings is 2. The number of oxazole rings is 1. The van der Waals surface area contributed by atoms with Gasteiger partial charge < -0.3 is 23.6 Å². The lowest BCUT2D eigenvalue weighted by molar-refractivity contribution is -0.169. The zero-order valence-electron chi connectivity index (χ0n) is 31.3. The Morgan fingerprint density at radius 3 is 2.00 bits per heavy atom. The van der Waals surface area contributed by atoms with Gasteiger partial charge in [-0.3, -0.25) is 4.57 Å². The number of nitrogens with zero attached hydrogens (tertiary/aromatic N) is 2. The first-order valence-corrected chi connectivity index (χ1v) is 22.3. The van der Waals surface area contributed by atoms with Crippen molar-refractivity contribution in [2.75, 3.05) is 13.6 Å². The maximum Gasteiger partial charge on any atom is 0.419 e. The summed E-state index contributed by atoms with van der Waals surface area (Å²) in [6.07, 6.45) is 2.85. The predicted molar refractivity (Wildman–Crippen MR) is 219 cm³/mol. The van der Waals surface area contributed by atoms with Crippen molar-refractivity contribution < 1.29 is 23.5 Å². The van der Waals surface area contributed by atoms with E-state index in [4.69, 9.17) is 13.6 Å². The van der Waals surface area contributed by atoms with Crippen molar-refractivity contribution >= 4 is 58.4 Å². The van der Waals surface area contributed by atoms with E-state index in [0.29, 0.717) is 47.9 Å². The maximum atomic E-state index is 13.5. The molecule has 0 bridgehead atoms. The molecule has 1 N–H and O–H groups in total. The van der Waals surface area contributed by atoms with Crippen molar-refractivity contribution in [1.29, 1.82) is 0 Å². The molecule has 0 atom stereocenters. The Bertz CT molecular complexity index is 2110. The number of ether oxygens (including phenoxy) is 1. The van der Waals surface area contributed by atoms with Gasteiger partial charge in [0.2, 0.25) is 5.60 Å². The van der Waals surface area contributed by atoms with Gasteiger partial charge in [0.1, 0.15) is 6.10 Å². The zero-order valence-corrected chi connectivity index (χ0v) is 33.9. The normalized spacial score (nSPS) is 16.9. The molecule has 54 heavy (non-hydrogen) atoms. The fraction of sp³-hybridized carbons (Fsp3) is 0.349. The second kappa shape index (κ2) is 15.9. The number of hydrogen-bond donors (Lipinski definition) is 1. The van der Waals surface area contributed by atoms with Crippen LogP contribution in [-0.4, -0.2) is 54.6 Å². The van der Waals surface area contributed by atoms with Crippen molar-refractivity contribution in [2.24, 2.45) is 0 Å². The van der Waals surface area contributed by atoms with Crippen LogP contribution in [-0.2, 0) is 32.7 Å². The summed E-state index contributed by atoms with van der Waals surface area (Å²) in [4.78, 5) is 30.0. The van der Waals surface area contributed by atoms with Crippen LogP contribution in [0, 0.1) is 0 Å². The number of benzene rings is 3. The van der Waals surface area contributed by atoms with Crippen LogP contribution in [0.1, 0.15) is 61.8 Å². The van der Waals surface area contributed by atoms with E-state index < -0.39 is 19.9 Å². The predicted octanol–water partition coefficient (Wildman–Crippen LogP) is 7.52. The van der Waals surface area contributed by atoms with Gasteiger partial charge in [-0.05, 0) is 88.7 Å². The Morgan fingerprint density at radius 2 is 1.46 bits per heavy atom. The fourth-order valence-electron chi connectivity index (χ4n) is 7.94. The Kier molecular flexibility index (Phi) is 11.3. The topological polar surface area (TPSA) is 94.1 Å². The third kappa shape index (κ3) is 7.45. The molecule has 0 radical (unpaired) electrons. The number of esters is 1. The number of rotatable bonds is 13. The second-order valence-corrected chi connectivity index (χ2v) is 21.5. The van der Waals surface area contributed by atoms with Crippen molar-refractivity contribution in [3.8, 4) is 0 Å². The van der Waals surface area contributed by atoms with E-state index in [1.54, 1.807) is 16.7 Å². The van der Waals surface area contributed by atoms with Crippen LogP contribution < -0.4 is 16.1 Å². The highest BCUT2D eigenvalue weighted by atomic mass is 32.1. The highest BCUT2D eigenvalue weighted by Gasteiger charge is 2.50. The Labute approximate surface area is 325 Å². The number of likely N-dealkylation sites (N-methyl/N-ethyl adjacent to an activating group) is 1. The van der Waals surface area contributed by atoms with Gasteiger partial charge >= 0.3 is 11.7 Å². The molecule has 282 valence electrons. The molecule has 3 heterocycles. The van der Waals surface area contributed by atoms with Crippen LogP contribution in [0.15, 0.2) is 123 Å². The highest BCUT2D eigenvalue weighted by molar-refractivity contribution is 7.12. The van der Waals surface area contributed by atoms with Crippen LogP contribution in [0.25, 0.3) is 11.1 Å². The van der Waals surface area contributed by atoms with E-state index in [0.717, 1.165) is 23.9 Å². The Morgan fingerprint density at radius 1 is 0.870 bits per heavy atom. The van der Waals surface area contributed by atoms with E-state index in [9.17, 15) is 14.7 Å². The lowest BCUT2D eigenvalue weighted by Crippen LogP contribution is -2.66. The minimum absolute atomic E-state index is 0.148. The van der Waals surface area contributed by atoms with E-state index in [2.05, 4.69) is 81.2 Å². The van der Waals surface area contributed by atoms with Gasteiger partial charge in [0, 0.05) is 19.1 Å². The van der Waals surface area contributed by atoms with Crippen LogP contribution in [0.2, 0.25) is 5.04 Å². The smallest absolute Gasteiger partial charge is 0.419 e. The molecule has 3 aromatic carbocycles. The summed E-state index contributed by atoms with van der Waals surface area (Å²) in [5.41, 5.74) is 0.476. The molecule has 1 fully saturated rings. The molecule has 1 saturated carbocycles. The third-order valence-electron chi connectivity index (χ3n) is 10.9. The molecule has 0 amide bonds. The van der Waals surface area contributed by atoms with Crippen molar-refractivity contribution in [2.45, 2.75) is 82.4 Å². The van der Waals surface area contributed by atoms with E-state index in [1.807, 2.05) is 53.2 Å². The molecule has 1 aliphatic carbocycles. The molecule has 0 unspecified atom stereocenters. The summed E-state index contributed by atoms with van der Waals surface area (Å²) in [5, 5.41) is 17.6. The van der Waals surface area contributed by atoms with Crippen molar-refractivity contribution in [3.63, 3.8) is 0 Å². The largest absolute Gasteiger partial charge is 0.460 e. The van der Waals surface area contributed by atoms with Crippen LogP contribution in [0.4, 0.5) is 0 Å². The standard InChI is InChI=1S/C43H48N2O6S2Si/c1-42(2,3)54(34-13-7-5-8-14-34,35-15-9-6-10-16-35)49-30-31-19-24-36-37(29-31)51-41(47)45(36)26-25-44(4)32-20-22-33(23-21-32)50-40(46)43(48,38-17-11-27-52-38)39-18-12-28-53-39/h5-19,24,27-29,32-33,48H,20-23,25-26,30H2,1-4H3. The molecular formula is C43H48N2O6S2Si. The van der Waals surface area contributed by atoms with E-state index >= 15 is 0 Å². The first-order valence-electron chi connectivity index (χ1n) is 18.6. The highest BCUT2D eigenvalue weighted by Crippen LogP contribution is 2.39. The molecule has 3 aromatic heterocycles. The molecule has 0 saturated heterocycles. The number of carbonyl (C=O) groups excluding carboxylic acids is 1. The SMILES string of the molecule is CN(CCn1c(=O)oc2cc(CO[Si](c3ccccc3)(c3ccccc3)C(C)(C)C)ccc21)C1CCC(OC(=O)C(O)(c2cccs2)c2cccs2)CC1. The summed E-state index contributed by atoms with van der Waals surface area (Å²) in [5.74, 6) is -0.990. The summed E-state index contributed by atoms with van der Waals surface area (Å²) in [6, 6.07) is 34.6. The molecule has 11 heteroatoms. The Hall–Kier alpha value is -4.10. The Balaban J connectivity index is 0.984. The summed E-state index contributed by atoms with van der Waals surface area (Å²) < 4.78 is 20.6. The molecule has 7 rings (SSSR count). The average molecular weight is 781 g/mol. The summed E-state index contributed by atoms with van der Waals surface area (Å²) in [6.45, 7) is 8.33. The molecule has 0 aliphatic heterocycles. The number of carbonyl (C=O) groups is 1. The van der Waals surface area contributed by atoms with Gasteiger partial charge in [-0.1, -0.05) is 99.6 Å². The quantitative estimate of drug-likeness (QED) is 0.0958. The molecule has 1 aliphatic rings. The van der Waals surface area contributed by atoms with Crippen molar-refractivity contribution in [1.82, 2.24) is 9.47 Å². The van der Waals surface area contributed by atoms with E-state index in [1.165, 1.54) is 33.0 Å². The van der Waals surface area contributed by atoms with Gasteiger partial charge in [0.05, 0.1) is 21.9 Å². The maximum absolute atomic E-state index is 13.5. The molecule has 8 nitrogen and oxygen atoms in total. The van der Waals surface area contributed by atoms with Crippen LogP contribution in [0.3, 0.4) is 0 Å². The summed E-state index contributed by atoms with van der Waals surface area (Å²) in [7, 11) is -0.649. The molecule has 6 aromatic rings. The second-order valence-electron chi connectivity index (χ2n) is 15.3. The minimum Gasteiger partial charge on any atom is -0.460 e. The average Bonchev–Trinajstić information content (AvgIpc) is 3.97. The third-order valence-corrected chi connectivity index (χ3v) is 17.8. The lowest BCUT2D eigenvalue weighted by Gasteiger charge is -2.43. The number of aliphatic hydroxyl groups is 1. The first-order chi connectivity index (χ1) is 26.0. The zero-order chi connectivity index (χ0) is 37.9. The number of aromatic nitrogens is 1. The van der Waals surface area contributed by atoms with Crippen molar-refractivity contribution in [3.05, 3.63) is 140 Å². The molecular weight excluding hydrogens is 733 g/mol. The minimum atomic E-state index is -2.73. The lowest BCUT2D eigenvalue weighted by atomic mass is 9.91. The van der Waals surface area contributed by atoms with Crippen LogP contribution in [0.5, 0.6) is 0 Å². The van der Waals surface area contributed by atoms with E-state index in [-0.39, 0.29) is 22.9 Å². The number of fused-ring (bicyclic) bond motifs is 1. The molecule has 0 spiro atoms. The van der Waals surface area contributed by atoms with Gasteiger partial charge in [-0.25, -0.2) is 9.59 Å². The van der Waals surface area contributed by atoms with Gasteiger partial charge in [-0.15, -0.1) is 22.7 Å². The van der Waals surface area contributed by atoms with Gasteiger partial charge in [0.15, 0.2) is 5.58 Å². The number of hydrogen-bond acceptors (Lipinski definition) is 9. The summed E-state index contributed by atoms with van der Waals surface area (Å²) >= 11 is 2.69. The van der Waals surface area contributed by atoms with Gasteiger partial charge in [-0.2, -0.15) is 0 Å². The monoisotopic (exact) mass is 780 g/mol.